The van der Waals surface area contributed by atoms with Crippen molar-refractivity contribution < 1.29 is 18.3 Å². The summed E-state index contributed by atoms with van der Waals surface area (Å²) in [4.78, 5) is 17.6. The highest BCUT2D eigenvalue weighted by molar-refractivity contribution is 5.94. The second kappa shape index (κ2) is 10.3. The van der Waals surface area contributed by atoms with Crippen LogP contribution >= 0.6 is 0 Å². The van der Waals surface area contributed by atoms with Crippen LogP contribution in [0.3, 0.4) is 0 Å². The first-order valence-electron chi connectivity index (χ1n) is 10.8. The molecular formula is C25H26F2N4O2. The molecule has 0 aliphatic carbocycles. The third kappa shape index (κ3) is 4.87. The van der Waals surface area contributed by atoms with Crippen LogP contribution in [0.5, 0.6) is 5.75 Å². The van der Waals surface area contributed by atoms with E-state index in [4.69, 9.17) is 10.00 Å². The van der Waals surface area contributed by atoms with E-state index < -0.39 is 11.6 Å². The topological polar surface area (TPSA) is 79.9 Å². The highest BCUT2D eigenvalue weighted by atomic mass is 19.1. The number of hydrogen-bond donors (Lipinski definition) is 1. The van der Waals surface area contributed by atoms with Gasteiger partial charge in [0.15, 0.2) is 11.6 Å². The molecule has 0 saturated carbocycles. The van der Waals surface area contributed by atoms with Crippen molar-refractivity contribution in [3.05, 3.63) is 65.0 Å². The van der Waals surface area contributed by atoms with Gasteiger partial charge in [0, 0.05) is 17.7 Å². The zero-order valence-corrected chi connectivity index (χ0v) is 19.1. The highest BCUT2D eigenvalue weighted by Crippen LogP contribution is 2.30. The minimum Gasteiger partial charge on any atom is -0.494 e. The lowest BCUT2D eigenvalue weighted by Crippen LogP contribution is -2.34. The normalized spacial score (nSPS) is 11.7. The summed E-state index contributed by atoms with van der Waals surface area (Å²) in [6, 6.07) is 10.2. The van der Waals surface area contributed by atoms with Gasteiger partial charge in [0.1, 0.15) is 23.4 Å². The van der Waals surface area contributed by atoms with Crippen molar-refractivity contribution >= 4 is 5.91 Å². The Kier molecular flexibility index (Phi) is 7.44. The van der Waals surface area contributed by atoms with Crippen LogP contribution in [0.15, 0.2) is 36.4 Å². The summed E-state index contributed by atoms with van der Waals surface area (Å²) in [7, 11) is 1.37. The summed E-state index contributed by atoms with van der Waals surface area (Å²) in [5.74, 6) is -1.31. The Balaban J connectivity index is 2.17. The molecule has 0 saturated heterocycles. The molecule has 2 aromatic carbocycles. The highest BCUT2D eigenvalue weighted by Gasteiger charge is 2.24. The average molecular weight is 453 g/mol. The zero-order chi connectivity index (χ0) is 24.1. The number of carbonyl (C=O) groups excluding carboxylic acids is 1. The summed E-state index contributed by atoms with van der Waals surface area (Å²) in [6.07, 6.45) is 2.53. The number of rotatable bonds is 8. The Morgan fingerprint density at radius 3 is 2.55 bits per heavy atom. The lowest BCUT2D eigenvalue weighted by Gasteiger charge is -2.15. The van der Waals surface area contributed by atoms with Crippen molar-refractivity contribution in [3.63, 3.8) is 0 Å². The van der Waals surface area contributed by atoms with E-state index in [2.05, 4.69) is 10.3 Å². The van der Waals surface area contributed by atoms with Gasteiger partial charge in [0.25, 0.3) is 5.91 Å². The third-order valence-corrected chi connectivity index (χ3v) is 5.53. The van der Waals surface area contributed by atoms with E-state index in [9.17, 15) is 13.6 Å². The number of hydrogen-bond acceptors (Lipinski definition) is 4. The maximum absolute atomic E-state index is 14.5. The Bertz CT molecular complexity index is 1210. The van der Waals surface area contributed by atoms with Gasteiger partial charge in [-0.1, -0.05) is 20.3 Å². The van der Waals surface area contributed by atoms with Crippen LogP contribution in [0.4, 0.5) is 8.78 Å². The van der Waals surface area contributed by atoms with Crippen LogP contribution in [0.1, 0.15) is 54.9 Å². The lowest BCUT2D eigenvalue weighted by molar-refractivity contribution is 0.0928. The maximum atomic E-state index is 14.5. The minimum absolute atomic E-state index is 0.00119. The van der Waals surface area contributed by atoms with E-state index in [0.29, 0.717) is 16.9 Å². The molecule has 172 valence electrons. The lowest BCUT2D eigenvalue weighted by atomic mass is 10.1. The van der Waals surface area contributed by atoms with E-state index >= 15 is 0 Å². The van der Waals surface area contributed by atoms with E-state index in [1.807, 2.05) is 13.8 Å². The number of nitrogens with zero attached hydrogens (tertiary/aromatic N) is 3. The van der Waals surface area contributed by atoms with Crippen LogP contribution in [-0.4, -0.2) is 28.6 Å². The number of ether oxygens (including phenoxy) is 1. The zero-order valence-electron chi connectivity index (χ0n) is 19.1. The number of nitriles is 1. The molecule has 1 aromatic heterocycles. The molecule has 33 heavy (non-hydrogen) atoms. The Morgan fingerprint density at radius 1 is 1.21 bits per heavy atom. The number of amides is 1. The fourth-order valence-electron chi connectivity index (χ4n) is 3.75. The molecule has 0 bridgehead atoms. The quantitative estimate of drug-likeness (QED) is 0.502. The number of methoxy groups -OCH3 is 1. The van der Waals surface area contributed by atoms with Crippen LogP contribution in [0.2, 0.25) is 0 Å². The first-order valence-corrected chi connectivity index (χ1v) is 10.8. The molecular weight excluding hydrogens is 426 g/mol. The Morgan fingerprint density at radius 2 is 1.97 bits per heavy atom. The molecule has 8 heteroatoms. The number of imidazole rings is 1. The molecule has 3 rings (SSSR count). The monoisotopic (exact) mass is 452 g/mol. The molecule has 1 N–H and O–H groups in total. The van der Waals surface area contributed by atoms with Crippen LogP contribution in [0, 0.1) is 29.9 Å². The molecule has 3 aromatic rings. The third-order valence-electron chi connectivity index (χ3n) is 5.53. The van der Waals surface area contributed by atoms with Gasteiger partial charge in [-0.2, -0.15) is 5.26 Å². The molecule has 0 spiro atoms. The molecule has 1 unspecified atom stereocenters. The van der Waals surface area contributed by atoms with Crippen molar-refractivity contribution in [2.75, 3.05) is 7.11 Å². The predicted molar refractivity (Wildman–Crippen MR) is 121 cm³/mol. The number of carbonyl (C=O) groups is 1. The van der Waals surface area contributed by atoms with E-state index in [1.165, 1.54) is 31.4 Å². The molecule has 1 atom stereocenters. The van der Waals surface area contributed by atoms with Crippen LogP contribution < -0.4 is 10.1 Å². The van der Waals surface area contributed by atoms with Crippen molar-refractivity contribution in [1.82, 2.24) is 14.9 Å². The summed E-state index contributed by atoms with van der Waals surface area (Å²) in [5.41, 5.74) is 1.29. The minimum atomic E-state index is -0.705. The van der Waals surface area contributed by atoms with E-state index in [0.717, 1.165) is 19.3 Å². The maximum Gasteiger partial charge on any atom is 0.272 e. The summed E-state index contributed by atoms with van der Waals surface area (Å²) in [6.45, 7) is 5.75. The second-order valence-electron chi connectivity index (χ2n) is 7.70. The molecule has 6 nitrogen and oxygen atoms in total. The number of aromatic nitrogens is 2. The standard InChI is InChI=1S/C25H26F2N4O2/c1-5-7-18(6-2)29-25(32)23-15(3)31(19-10-11-22(33-4)21(27)13-19)24(30-23)16-8-9-17(14-28)20(26)12-16/h8-13,18H,5-7H2,1-4H3,(H,29,32). The number of nitrogens with one attached hydrogen (secondary N) is 1. The van der Waals surface area contributed by atoms with Gasteiger partial charge in [-0.15, -0.1) is 0 Å². The summed E-state index contributed by atoms with van der Waals surface area (Å²) in [5, 5.41) is 12.0. The molecule has 0 radical (unpaired) electrons. The van der Waals surface area contributed by atoms with Crippen molar-refractivity contribution in [2.24, 2.45) is 0 Å². The molecule has 0 fully saturated rings. The second-order valence-corrected chi connectivity index (χ2v) is 7.70. The number of halogens is 2. The first-order chi connectivity index (χ1) is 15.8. The number of benzene rings is 2. The fourth-order valence-corrected chi connectivity index (χ4v) is 3.75. The Labute approximate surface area is 191 Å². The molecule has 0 aliphatic rings. The van der Waals surface area contributed by atoms with Crippen molar-refractivity contribution in [1.29, 1.82) is 5.26 Å². The van der Waals surface area contributed by atoms with Gasteiger partial charge >= 0.3 is 0 Å². The first kappa shape index (κ1) is 23.9. The van der Waals surface area contributed by atoms with Crippen LogP contribution in [0.25, 0.3) is 17.1 Å². The molecule has 1 heterocycles. The predicted octanol–water partition coefficient (Wildman–Crippen LogP) is 5.31. The van der Waals surface area contributed by atoms with Crippen LogP contribution in [-0.2, 0) is 0 Å². The van der Waals surface area contributed by atoms with Gasteiger partial charge in [-0.25, -0.2) is 13.8 Å². The van der Waals surface area contributed by atoms with E-state index in [-0.39, 0.29) is 34.8 Å². The van der Waals surface area contributed by atoms with Crippen molar-refractivity contribution in [2.45, 2.75) is 46.1 Å². The molecule has 0 aliphatic heterocycles. The smallest absolute Gasteiger partial charge is 0.272 e. The van der Waals surface area contributed by atoms with Gasteiger partial charge in [-0.3, -0.25) is 9.36 Å². The fraction of sp³-hybridized carbons (Fsp3) is 0.320. The molecule has 1 amide bonds. The SMILES string of the molecule is CCCC(CC)NC(=O)c1nc(-c2ccc(C#N)c(F)c2)n(-c2ccc(OC)c(F)c2)c1C. The van der Waals surface area contributed by atoms with E-state index in [1.54, 1.807) is 29.7 Å². The largest absolute Gasteiger partial charge is 0.494 e. The van der Waals surface area contributed by atoms with Gasteiger partial charge in [-0.05, 0) is 50.1 Å². The summed E-state index contributed by atoms with van der Waals surface area (Å²) >= 11 is 0. The van der Waals surface area contributed by atoms with Crippen molar-refractivity contribution in [3.8, 4) is 28.9 Å². The average Bonchev–Trinajstić information content (AvgIpc) is 3.15. The Hall–Kier alpha value is -3.73. The van der Waals surface area contributed by atoms with Gasteiger partial charge < -0.3 is 10.1 Å². The van der Waals surface area contributed by atoms with Gasteiger partial charge in [0.2, 0.25) is 0 Å². The van der Waals surface area contributed by atoms with Gasteiger partial charge in [0.05, 0.1) is 24.1 Å². The summed E-state index contributed by atoms with van der Waals surface area (Å²) < 4.78 is 35.5.